The average molecular weight is 643 g/mol. The fraction of sp³-hybridized carbons (Fsp3) is 0.974. The van der Waals surface area contributed by atoms with E-state index < -0.39 is 11.7 Å². The maximum atomic E-state index is 13.0. The minimum Gasteiger partial charge on any atom is -0.388 e. The van der Waals surface area contributed by atoms with Gasteiger partial charge >= 0.3 is 0 Å². The molecule has 1 amide bonds. The molecule has 13 atom stereocenters. The first-order valence-corrected chi connectivity index (χ1v) is 18.9. The lowest BCUT2D eigenvalue weighted by Gasteiger charge is -2.63. The summed E-state index contributed by atoms with van der Waals surface area (Å²) in [6.07, 6.45) is 9.59. The molecule has 0 radical (unpaired) electrons. The van der Waals surface area contributed by atoms with Crippen molar-refractivity contribution in [2.45, 2.75) is 143 Å². The summed E-state index contributed by atoms with van der Waals surface area (Å²) in [6, 6.07) is 0. The Morgan fingerprint density at radius 3 is 2.43 bits per heavy atom. The Labute approximate surface area is 277 Å². The van der Waals surface area contributed by atoms with Gasteiger partial charge in [-0.25, -0.2) is 0 Å². The van der Waals surface area contributed by atoms with Gasteiger partial charge in [0, 0.05) is 19.6 Å². The summed E-state index contributed by atoms with van der Waals surface area (Å²) in [5.41, 5.74) is 0.192. The maximum absolute atomic E-state index is 13.0. The van der Waals surface area contributed by atoms with Crippen LogP contribution in [0.2, 0.25) is 0 Å². The standard InChI is InChI=1S/C38H62N2O6/c1-22-16-24(31(41)34(4,5)43)45-25-17-36(7)27-9-8-26-33(2,3)28(46-29-20-40(14-15-44-29)32(42)23-18-39-19-23)10-11-37(26)21-38(27,37)13-12-35(36,6)30(22)25/h22-31,39,41,43H,8-21H2,1-7H3/t22-,24?,25?,26?,27+,28+,29?,30?,31+,35-,36+,37-,38+/m1/s1. The number of rotatable bonds is 5. The summed E-state index contributed by atoms with van der Waals surface area (Å²) in [4.78, 5) is 15.0. The van der Waals surface area contributed by atoms with Crippen molar-refractivity contribution in [2.75, 3.05) is 32.8 Å². The van der Waals surface area contributed by atoms with Crippen molar-refractivity contribution in [3.05, 3.63) is 0 Å². The lowest BCUT2D eigenvalue weighted by molar-refractivity contribution is -0.247. The topological polar surface area (TPSA) is 100 Å². The van der Waals surface area contributed by atoms with Gasteiger partial charge in [0.25, 0.3) is 0 Å². The van der Waals surface area contributed by atoms with E-state index in [1.807, 2.05) is 4.90 Å². The third-order valence-corrected chi connectivity index (χ3v) is 16.5. The minimum absolute atomic E-state index is 0.0592. The highest BCUT2D eigenvalue weighted by atomic mass is 16.7. The molecule has 0 aromatic heterocycles. The zero-order chi connectivity index (χ0) is 32.7. The largest absolute Gasteiger partial charge is 0.388 e. The van der Waals surface area contributed by atoms with Crippen LogP contribution in [0.3, 0.4) is 0 Å². The molecule has 5 saturated carbocycles. The number of fused-ring (bicyclic) bond motifs is 4. The minimum atomic E-state index is -1.16. The number of aliphatic hydroxyl groups excluding tert-OH is 1. The molecule has 5 unspecified atom stereocenters. The lowest BCUT2D eigenvalue weighted by atomic mass is 9.41. The molecule has 8 heteroatoms. The van der Waals surface area contributed by atoms with Gasteiger partial charge in [0.1, 0.15) is 6.10 Å². The van der Waals surface area contributed by atoms with Crippen LogP contribution in [-0.2, 0) is 19.0 Å². The number of ether oxygens (including phenoxy) is 3. The van der Waals surface area contributed by atoms with Gasteiger partial charge in [0.15, 0.2) is 6.29 Å². The van der Waals surface area contributed by atoms with E-state index in [0.29, 0.717) is 54.2 Å². The molecule has 3 heterocycles. The van der Waals surface area contributed by atoms with Crippen LogP contribution in [0.25, 0.3) is 0 Å². The molecule has 8 fully saturated rings. The number of carbonyl (C=O) groups excluding carboxylic acids is 1. The van der Waals surface area contributed by atoms with E-state index in [4.69, 9.17) is 14.2 Å². The second-order valence-corrected chi connectivity index (χ2v) is 19.2. The summed E-state index contributed by atoms with van der Waals surface area (Å²) in [7, 11) is 0. The van der Waals surface area contributed by atoms with Crippen LogP contribution in [-0.4, -0.2) is 90.1 Å². The van der Waals surface area contributed by atoms with Crippen molar-refractivity contribution in [3.8, 4) is 0 Å². The molecule has 5 aliphatic carbocycles. The van der Waals surface area contributed by atoms with Gasteiger partial charge in [-0.15, -0.1) is 0 Å². The fourth-order valence-corrected chi connectivity index (χ4v) is 14.0. The molecule has 3 saturated heterocycles. The predicted octanol–water partition coefficient (Wildman–Crippen LogP) is 4.75. The van der Waals surface area contributed by atoms with Gasteiger partial charge in [0.05, 0.1) is 43.0 Å². The predicted molar refractivity (Wildman–Crippen MR) is 175 cm³/mol. The van der Waals surface area contributed by atoms with E-state index in [-0.39, 0.29) is 52.7 Å². The lowest BCUT2D eigenvalue weighted by Crippen LogP contribution is -2.59. The van der Waals surface area contributed by atoms with E-state index in [2.05, 4.69) is 39.9 Å². The Kier molecular flexibility index (Phi) is 7.32. The normalized spacial score (nSPS) is 51.9. The smallest absolute Gasteiger partial charge is 0.228 e. The summed E-state index contributed by atoms with van der Waals surface area (Å²) in [5.74, 6) is 2.71. The van der Waals surface area contributed by atoms with E-state index in [0.717, 1.165) is 32.4 Å². The number of aliphatic hydroxyl groups is 2. The average Bonchev–Trinajstić information content (AvgIpc) is 3.56. The number of amides is 1. The zero-order valence-corrected chi connectivity index (χ0v) is 29.6. The number of morpholine rings is 1. The Morgan fingerprint density at radius 1 is 1.02 bits per heavy atom. The van der Waals surface area contributed by atoms with E-state index in [1.165, 1.54) is 38.5 Å². The highest BCUT2D eigenvalue weighted by Gasteiger charge is 2.83. The van der Waals surface area contributed by atoms with Crippen LogP contribution in [0.4, 0.5) is 0 Å². The molecule has 0 bridgehead atoms. The van der Waals surface area contributed by atoms with Gasteiger partial charge in [-0.3, -0.25) is 4.79 Å². The number of hydrogen-bond donors (Lipinski definition) is 3. The zero-order valence-electron chi connectivity index (χ0n) is 29.6. The van der Waals surface area contributed by atoms with Crippen molar-refractivity contribution in [1.29, 1.82) is 0 Å². The molecule has 8 rings (SSSR count). The number of nitrogens with zero attached hydrogens (tertiary/aromatic N) is 1. The van der Waals surface area contributed by atoms with Crippen LogP contribution in [0.1, 0.15) is 106 Å². The van der Waals surface area contributed by atoms with E-state index in [1.54, 1.807) is 13.8 Å². The fourth-order valence-electron chi connectivity index (χ4n) is 14.0. The second kappa shape index (κ2) is 10.4. The molecule has 0 aromatic carbocycles. The molecule has 8 aliphatic rings. The van der Waals surface area contributed by atoms with Crippen molar-refractivity contribution < 1.29 is 29.2 Å². The van der Waals surface area contributed by atoms with Crippen LogP contribution in [0.15, 0.2) is 0 Å². The molecule has 0 aromatic rings. The molecule has 8 nitrogen and oxygen atoms in total. The third kappa shape index (κ3) is 4.28. The maximum Gasteiger partial charge on any atom is 0.228 e. The van der Waals surface area contributed by atoms with Crippen LogP contribution in [0.5, 0.6) is 0 Å². The highest BCUT2D eigenvalue weighted by Crippen LogP contribution is 2.89. The molecule has 46 heavy (non-hydrogen) atoms. The third-order valence-electron chi connectivity index (χ3n) is 16.5. The van der Waals surface area contributed by atoms with Crippen molar-refractivity contribution in [2.24, 2.45) is 56.7 Å². The summed E-state index contributed by atoms with van der Waals surface area (Å²) >= 11 is 0. The Hall–Kier alpha value is -0.770. The number of carbonyl (C=O) groups is 1. The first-order chi connectivity index (χ1) is 21.6. The van der Waals surface area contributed by atoms with Crippen LogP contribution < -0.4 is 5.32 Å². The van der Waals surface area contributed by atoms with E-state index in [9.17, 15) is 15.0 Å². The summed E-state index contributed by atoms with van der Waals surface area (Å²) in [5, 5.41) is 24.9. The van der Waals surface area contributed by atoms with Crippen molar-refractivity contribution >= 4 is 5.91 Å². The van der Waals surface area contributed by atoms with Crippen molar-refractivity contribution in [1.82, 2.24) is 10.2 Å². The molecule has 3 aliphatic heterocycles. The van der Waals surface area contributed by atoms with Crippen LogP contribution >= 0.6 is 0 Å². The first kappa shape index (κ1) is 32.4. The second-order valence-electron chi connectivity index (χ2n) is 19.2. The van der Waals surface area contributed by atoms with Crippen LogP contribution in [0, 0.1) is 56.7 Å². The van der Waals surface area contributed by atoms with E-state index >= 15 is 0 Å². The van der Waals surface area contributed by atoms with Crippen molar-refractivity contribution in [3.63, 3.8) is 0 Å². The number of nitrogens with one attached hydrogen (secondary N) is 1. The first-order valence-electron chi connectivity index (χ1n) is 18.9. The summed E-state index contributed by atoms with van der Waals surface area (Å²) in [6.45, 7) is 19.4. The van der Waals surface area contributed by atoms with Gasteiger partial charge in [0.2, 0.25) is 5.91 Å². The van der Waals surface area contributed by atoms with Gasteiger partial charge < -0.3 is 34.6 Å². The SMILES string of the molecule is C[C@@H]1CC([C@H](O)C(C)(C)O)OC2C[C@@]3(C)[C@@H]4CCC5C(C)(C)[C@@H](OC6CN(C(=O)C7CNC7)CCO6)CC[C@@]56C[C@@]46CC[C@]3(C)C21. The Morgan fingerprint density at radius 2 is 1.74 bits per heavy atom. The molecule has 260 valence electrons. The quantitative estimate of drug-likeness (QED) is 0.398. The van der Waals surface area contributed by atoms with Gasteiger partial charge in [-0.2, -0.15) is 0 Å². The molecular formula is C38H62N2O6. The van der Waals surface area contributed by atoms with Gasteiger partial charge in [-0.05, 0) is 122 Å². The van der Waals surface area contributed by atoms with Gasteiger partial charge in [-0.1, -0.05) is 34.6 Å². The molecular weight excluding hydrogens is 580 g/mol. The number of hydrogen-bond acceptors (Lipinski definition) is 7. The molecule has 3 N–H and O–H groups in total. The molecule has 2 spiro atoms. The summed E-state index contributed by atoms with van der Waals surface area (Å²) < 4.78 is 19.8. The monoisotopic (exact) mass is 642 g/mol. The Balaban J connectivity index is 0.992. The Bertz CT molecular complexity index is 1230. The highest BCUT2D eigenvalue weighted by molar-refractivity contribution is 5.80.